The van der Waals surface area contributed by atoms with E-state index in [9.17, 15) is 22.7 Å². The molecule has 0 amide bonds. The minimum Gasteiger partial charge on any atom is -0.448 e. The summed E-state index contributed by atoms with van der Waals surface area (Å²) in [6.45, 7) is 3.29. The first-order chi connectivity index (χ1) is 12.8. The molecule has 0 saturated heterocycles. The summed E-state index contributed by atoms with van der Waals surface area (Å²) in [5.74, 6) is -0.0893. The number of benzene rings is 1. The van der Waals surface area contributed by atoms with Gasteiger partial charge in [-0.05, 0) is 24.6 Å². The predicted molar refractivity (Wildman–Crippen MR) is 94.4 cm³/mol. The lowest BCUT2D eigenvalue weighted by atomic mass is 10.0. The Balaban J connectivity index is 0.00000158. The summed E-state index contributed by atoms with van der Waals surface area (Å²) in [5, 5.41) is 16.7. The van der Waals surface area contributed by atoms with Gasteiger partial charge in [0.1, 0.15) is 6.67 Å². The summed E-state index contributed by atoms with van der Waals surface area (Å²) in [6.07, 6.45) is -6.05. The fourth-order valence-electron chi connectivity index (χ4n) is 2.30. The van der Waals surface area contributed by atoms with Crippen molar-refractivity contribution in [2.75, 3.05) is 20.9 Å². The van der Waals surface area contributed by atoms with E-state index < -0.39 is 36.9 Å². The molecule has 1 aliphatic rings. The van der Waals surface area contributed by atoms with Crippen molar-refractivity contribution >= 4 is 5.90 Å². The van der Waals surface area contributed by atoms with Crippen molar-refractivity contribution in [3.63, 3.8) is 0 Å². The predicted octanol–water partition coefficient (Wildman–Crippen LogP) is 3.57. The van der Waals surface area contributed by atoms with E-state index in [-0.39, 0.29) is 24.3 Å². The lowest BCUT2D eigenvalue weighted by Crippen LogP contribution is -2.33. The maximum Gasteiger partial charge on any atom is 0.416 e. The summed E-state index contributed by atoms with van der Waals surface area (Å²) in [4.78, 5) is 4.18. The first kappa shape index (κ1) is 25.3. The van der Waals surface area contributed by atoms with E-state index in [1.54, 1.807) is 0 Å². The molecule has 1 heterocycles. The first-order valence-electron chi connectivity index (χ1n) is 8.47. The number of halogens is 4. The molecule has 0 radical (unpaired) electrons. The van der Waals surface area contributed by atoms with Crippen molar-refractivity contribution in [2.24, 2.45) is 4.99 Å². The van der Waals surface area contributed by atoms with E-state index in [0.29, 0.717) is 0 Å². The van der Waals surface area contributed by atoms with Gasteiger partial charge < -0.3 is 19.7 Å². The van der Waals surface area contributed by atoms with E-state index >= 15 is 0 Å². The Bertz CT molecular complexity index is 563. The molecule has 9 heteroatoms. The van der Waals surface area contributed by atoms with Crippen molar-refractivity contribution in [2.45, 2.75) is 51.3 Å². The maximum atomic E-state index is 12.8. The summed E-state index contributed by atoms with van der Waals surface area (Å²) in [7, 11) is 2.36. The van der Waals surface area contributed by atoms with E-state index in [4.69, 9.17) is 14.6 Å². The second kappa shape index (κ2) is 12.6. The molecule has 0 aromatic heterocycles. The molecule has 3 unspecified atom stereocenters. The van der Waals surface area contributed by atoms with Crippen molar-refractivity contribution in [1.82, 2.24) is 0 Å². The molecule has 0 fully saturated rings. The topological polar surface area (TPSA) is 71.3 Å². The fourth-order valence-corrected chi connectivity index (χ4v) is 2.30. The van der Waals surface area contributed by atoms with Gasteiger partial charge in [0, 0.05) is 26.2 Å². The maximum absolute atomic E-state index is 12.8. The molecule has 1 aromatic rings. The Morgan fingerprint density at radius 1 is 1.30 bits per heavy atom. The van der Waals surface area contributed by atoms with E-state index in [2.05, 4.69) is 4.99 Å². The van der Waals surface area contributed by atoms with E-state index in [1.807, 2.05) is 13.8 Å². The standard InChI is InChI=1S/C15H17F4NO3.C2H6.CH4O/c1-22-12(8-16)6-11-7-13(21)23-14(20-11)9-3-2-4-10(5-9)15(17,18)19;2*1-2/h2-5,11-13,21H,6-8H2,1H3;1-2H3;2H,1H3. The quantitative estimate of drug-likeness (QED) is 0.746. The molecular weight excluding hydrogens is 370 g/mol. The van der Waals surface area contributed by atoms with Crippen LogP contribution >= 0.6 is 0 Å². The average Bonchev–Trinajstić information content (AvgIpc) is 2.68. The van der Waals surface area contributed by atoms with Crippen LogP contribution in [0.25, 0.3) is 0 Å². The van der Waals surface area contributed by atoms with Crippen LogP contribution in [0.2, 0.25) is 0 Å². The molecule has 5 nitrogen and oxygen atoms in total. The molecule has 0 bridgehead atoms. The van der Waals surface area contributed by atoms with E-state index in [1.165, 1.54) is 19.2 Å². The van der Waals surface area contributed by atoms with Gasteiger partial charge in [-0.2, -0.15) is 13.2 Å². The number of methoxy groups -OCH3 is 1. The zero-order valence-corrected chi connectivity index (χ0v) is 15.8. The molecule has 0 spiro atoms. The normalized spacial score (nSPS) is 20.1. The van der Waals surface area contributed by atoms with Gasteiger partial charge in [-0.15, -0.1) is 0 Å². The van der Waals surface area contributed by atoms with Crippen LogP contribution in [-0.4, -0.2) is 55.4 Å². The number of hydrogen-bond acceptors (Lipinski definition) is 5. The van der Waals surface area contributed by atoms with Crippen LogP contribution in [0, 0.1) is 0 Å². The Labute approximate surface area is 156 Å². The van der Waals surface area contributed by atoms with Crippen molar-refractivity contribution in [1.29, 1.82) is 0 Å². The molecular formula is C18H27F4NO4. The van der Waals surface area contributed by atoms with Crippen LogP contribution < -0.4 is 0 Å². The van der Waals surface area contributed by atoms with E-state index in [0.717, 1.165) is 19.2 Å². The first-order valence-corrected chi connectivity index (χ1v) is 8.47. The lowest BCUT2D eigenvalue weighted by Gasteiger charge is -2.27. The molecule has 156 valence electrons. The fraction of sp³-hybridized carbons (Fsp3) is 0.611. The average molecular weight is 397 g/mol. The van der Waals surface area contributed by atoms with Crippen molar-refractivity contribution in [3.05, 3.63) is 35.4 Å². The molecule has 27 heavy (non-hydrogen) atoms. The van der Waals surface area contributed by atoms with Gasteiger partial charge >= 0.3 is 6.18 Å². The molecule has 0 aliphatic carbocycles. The number of ether oxygens (including phenoxy) is 2. The van der Waals surface area contributed by atoms with Gasteiger partial charge in [0.15, 0.2) is 0 Å². The lowest BCUT2D eigenvalue weighted by molar-refractivity contribution is -0.137. The highest BCUT2D eigenvalue weighted by Crippen LogP contribution is 2.30. The Morgan fingerprint density at radius 2 is 1.93 bits per heavy atom. The molecule has 0 saturated carbocycles. The van der Waals surface area contributed by atoms with Crippen molar-refractivity contribution in [3.8, 4) is 0 Å². The monoisotopic (exact) mass is 397 g/mol. The number of nitrogens with zero attached hydrogens (tertiary/aromatic N) is 1. The zero-order valence-electron chi connectivity index (χ0n) is 15.8. The van der Waals surface area contributed by atoms with Crippen LogP contribution in [0.1, 0.15) is 37.8 Å². The van der Waals surface area contributed by atoms with Gasteiger partial charge in [0.05, 0.1) is 17.7 Å². The zero-order chi connectivity index (χ0) is 21.0. The number of aliphatic imine (C=N–C) groups is 1. The highest BCUT2D eigenvalue weighted by atomic mass is 19.4. The highest BCUT2D eigenvalue weighted by molar-refractivity contribution is 5.94. The number of alkyl halides is 4. The van der Waals surface area contributed by atoms with Crippen molar-refractivity contribution < 1.29 is 37.2 Å². The van der Waals surface area contributed by atoms with Gasteiger partial charge in [-0.3, -0.25) is 0 Å². The van der Waals surface area contributed by atoms with Gasteiger partial charge in [0.25, 0.3) is 0 Å². The SMILES string of the molecule is CC.CO.COC(CF)CC1CC(O)OC(c2cccc(C(F)(F)F)c2)=N1. The number of rotatable bonds is 5. The van der Waals surface area contributed by atoms with Crippen LogP contribution in [0.15, 0.2) is 29.3 Å². The number of aliphatic hydroxyl groups is 2. The molecule has 1 aromatic carbocycles. The molecule has 2 rings (SSSR count). The van der Waals surface area contributed by atoms with Gasteiger partial charge in [0.2, 0.25) is 12.2 Å². The van der Waals surface area contributed by atoms with Crippen LogP contribution in [0.4, 0.5) is 17.6 Å². The third-order valence-electron chi connectivity index (χ3n) is 3.50. The largest absolute Gasteiger partial charge is 0.448 e. The van der Waals surface area contributed by atoms with Crippen LogP contribution in [-0.2, 0) is 15.7 Å². The number of hydrogen-bond donors (Lipinski definition) is 2. The minimum atomic E-state index is -4.49. The van der Waals surface area contributed by atoms with Gasteiger partial charge in [-0.1, -0.05) is 19.9 Å². The van der Waals surface area contributed by atoms with Crippen LogP contribution in [0.5, 0.6) is 0 Å². The Kier molecular flexibility index (Phi) is 11.8. The summed E-state index contributed by atoms with van der Waals surface area (Å²) in [6, 6.07) is 3.98. The highest BCUT2D eigenvalue weighted by Gasteiger charge is 2.32. The summed E-state index contributed by atoms with van der Waals surface area (Å²) >= 11 is 0. The van der Waals surface area contributed by atoms with Gasteiger partial charge in [-0.25, -0.2) is 9.38 Å². The minimum absolute atomic E-state index is 0.0893. The third kappa shape index (κ3) is 8.23. The molecule has 2 N–H and O–H groups in total. The molecule has 3 atom stereocenters. The third-order valence-corrected chi connectivity index (χ3v) is 3.50. The summed E-state index contributed by atoms with van der Waals surface area (Å²) < 4.78 is 61.1. The second-order valence-corrected chi connectivity index (χ2v) is 5.22. The summed E-state index contributed by atoms with van der Waals surface area (Å²) in [5.41, 5.74) is -0.728. The Hall–Kier alpha value is -1.71. The second-order valence-electron chi connectivity index (χ2n) is 5.22. The Morgan fingerprint density at radius 3 is 2.44 bits per heavy atom. The number of aliphatic hydroxyl groups excluding tert-OH is 2. The van der Waals surface area contributed by atoms with Crippen LogP contribution in [0.3, 0.4) is 0 Å². The molecule has 1 aliphatic heterocycles. The smallest absolute Gasteiger partial charge is 0.416 e.